The quantitative estimate of drug-likeness (QED) is 0.404. The first kappa shape index (κ1) is 16.5. The molecular formula is C19H15N3O3S. The number of aromatic nitrogens is 2. The van der Waals surface area contributed by atoms with Crippen molar-refractivity contribution in [1.82, 2.24) is 9.55 Å². The molecule has 0 atom stereocenters. The van der Waals surface area contributed by atoms with Crippen LogP contribution in [-0.2, 0) is 25.8 Å². The lowest BCUT2D eigenvalue weighted by Crippen LogP contribution is -2.25. The van der Waals surface area contributed by atoms with E-state index >= 15 is 0 Å². The van der Waals surface area contributed by atoms with Gasteiger partial charge in [-0.1, -0.05) is 18.1 Å². The second kappa shape index (κ2) is 6.39. The Labute approximate surface area is 153 Å². The number of aryl methyl sites for hydroxylation is 2. The molecule has 6 nitrogen and oxygen atoms in total. The molecule has 1 aliphatic carbocycles. The summed E-state index contributed by atoms with van der Waals surface area (Å²) in [7, 11) is 0. The Morgan fingerprint density at radius 3 is 2.77 bits per heavy atom. The minimum Gasteiger partial charge on any atom is -0.284 e. The van der Waals surface area contributed by atoms with Gasteiger partial charge in [-0.2, -0.15) is 0 Å². The molecule has 0 radical (unpaired) electrons. The van der Waals surface area contributed by atoms with Gasteiger partial charge in [-0.3, -0.25) is 19.5 Å². The van der Waals surface area contributed by atoms with E-state index in [0.717, 1.165) is 35.2 Å². The Morgan fingerprint density at radius 2 is 2.08 bits per heavy atom. The second-order valence-electron chi connectivity index (χ2n) is 6.26. The smallest absolute Gasteiger partial charge is 0.269 e. The van der Waals surface area contributed by atoms with Gasteiger partial charge in [0.15, 0.2) is 0 Å². The van der Waals surface area contributed by atoms with Crippen molar-refractivity contribution >= 4 is 27.2 Å². The highest BCUT2D eigenvalue weighted by atomic mass is 32.1. The number of benzene rings is 1. The zero-order chi connectivity index (χ0) is 18.3. The number of nitrogens with zero attached hydrogens (tertiary/aromatic N) is 3. The number of nitro benzene ring substituents is 1. The van der Waals surface area contributed by atoms with Crippen LogP contribution in [0.5, 0.6) is 0 Å². The number of hydrogen-bond acceptors (Lipinski definition) is 5. The van der Waals surface area contributed by atoms with Crippen LogP contribution >= 0.6 is 11.3 Å². The van der Waals surface area contributed by atoms with E-state index in [1.807, 2.05) is 0 Å². The minimum absolute atomic E-state index is 0.0351. The summed E-state index contributed by atoms with van der Waals surface area (Å²) in [5, 5.41) is 11.5. The highest BCUT2D eigenvalue weighted by Gasteiger charge is 2.23. The van der Waals surface area contributed by atoms with Crippen molar-refractivity contribution in [1.29, 1.82) is 0 Å². The average molecular weight is 365 g/mol. The standard InChI is InChI=1S/C19H15N3O3S/c1-2-10-21-16(11-12-6-8-13(9-7-12)22(24)25)20-18-17(19(21)23)14-4-3-5-15(14)26-18/h1,6-9H,3-5,10-11H2. The van der Waals surface area contributed by atoms with Crippen molar-refractivity contribution in [2.75, 3.05) is 0 Å². The molecule has 130 valence electrons. The third kappa shape index (κ3) is 2.68. The maximum atomic E-state index is 13.0. The molecule has 0 fully saturated rings. The molecule has 0 saturated heterocycles. The molecule has 0 saturated carbocycles. The van der Waals surface area contributed by atoms with Gasteiger partial charge in [-0.25, -0.2) is 4.98 Å². The molecule has 26 heavy (non-hydrogen) atoms. The lowest BCUT2D eigenvalue weighted by Gasteiger charge is -2.10. The Bertz CT molecular complexity index is 1120. The monoisotopic (exact) mass is 365 g/mol. The van der Waals surface area contributed by atoms with Crippen LogP contribution in [0.3, 0.4) is 0 Å². The van der Waals surface area contributed by atoms with Crippen LogP contribution in [-0.4, -0.2) is 14.5 Å². The Kier molecular flexibility index (Phi) is 4.05. The van der Waals surface area contributed by atoms with E-state index in [1.165, 1.54) is 17.0 Å². The van der Waals surface area contributed by atoms with Gasteiger partial charge >= 0.3 is 0 Å². The van der Waals surface area contributed by atoms with Gasteiger partial charge in [0, 0.05) is 23.4 Å². The van der Waals surface area contributed by atoms with Gasteiger partial charge in [0.05, 0.1) is 16.9 Å². The molecule has 0 bridgehead atoms. The van der Waals surface area contributed by atoms with Crippen LogP contribution in [0.4, 0.5) is 5.69 Å². The molecule has 0 unspecified atom stereocenters. The average Bonchev–Trinajstić information content (AvgIpc) is 3.19. The summed E-state index contributed by atoms with van der Waals surface area (Å²) in [5.74, 6) is 3.13. The number of rotatable bonds is 4. The normalized spacial score (nSPS) is 12.9. The predicted octanol–water partition coefficient (Wildman–Crippen LogP) is 3.08. The van der Waals surface area contributed by atoms with Crippen LogP contribution < -0.4 is 5.56 Å². The number of non-ortho nitro benzene ring substituents is 1. The SMILES string of the molecule is C#CCn1c(Cc2ccc([N+](=O)[O-])cc2)nc2sc3c(c2c1=O)CCC3. The fourth-order valence-electron chi connectivity index (χ4n) is 3.43. The Morgan fingerprint density at radius 1 is 1.31 bits per heavy atom. The summed E-state index contributed by atoms with van der Waals surface area (Å²) in [5.41, 5.74) is 1.93. The van der Waals surface area contributed by atoms with Gasteiger partial charge in [-0.15, -0.1) is 17.8 Å². The van der Waals surface area contributed by atoms with E-state index in [2.05, 4.69) is 5.92 Å². The predicted molar refractivity (Wildman–Crippen MR) is 101 cm³/mol. The van der Waals surface area contributed by atoms with Crippen LogP contribution in [0, 0.1) is 22.5 Å². The van der Waals surface area contributed by atoms with Gasteiger partial charge in [-0.05, 0) is 30.4 Å². The fraction of sp³-hybridized carbons (Fsp3) is 0.263. The van der Waals surface area contributed by atoms with Crippen LogP contribution in [0.2, 0.25) is 0 Å². The molecule has 0 amide bonds. The zero-order valence-corrected chi connectivity index (χ0v) is 14.7. The second-order valence-corrected chi connectivity index (χ2v) is 7.34. The van der Waals surface area contributed by atoms with Crippen molar-refractivity contribution in [3.63, 3.8) is 0 Å². The number of terminal acetylenes is 1. The van der Waals surface area contributed by atoms with Crippen LogP contribution in [0.25, 0.3) is 10.2 Å². The van der Waals surface area contributed by atoms with Gasteiger partial charge < -0.3 is 0 Å². The third-order valence-electron chi connectivity index (χ3n) is 4.66. The molecule has 1 aliphatic rings. The Balaban J connectivity index is 1.81. The van der Waals surface area contributed by atoms with Crippen LogP contribution in [0.1, 0.15) is 28.2 Å². The van der Waals surface area contributed by atoms with Crippen molar-refractivity contribution in [2.45, 2.75) is 32.2 Å². The van der Waals surface area contributed by atoms with E-state index in [4.69, 9.17) is 11.4 Å². The topological polar surface area (TPSA) is 78.0 Å². The highest BCUT2D eigenvalue weighted by molar-refractivity contribution is 7.18. The largest absolute Gasteiger partial charge is 0.284 e. The summed E-state index contributed by atoms with van der Waals surface area (Å²) >= 11 is 1.59. The molecule has 3 aromatic rings. The summed E-state index contributed by atoms with van der Waals surface area (Å²) in [6, 6.07) is 6.28. The molecule has 2 aromatic heterocycles. The number of thiophene rings is 1. The summed E-state index contributed by atoms with van der Waals surface area (Å²) in [6.45, 7) is 0.161. The van der Waals surface area contributed by atoms with E-state index in [9.17, 15) is 14.9 Å². The van der Waals surface area contributed by atoms with E-state index in [0.29, 0.717) is 17.6 Å². The molecular weight excluding hydrogens is 350 g/mol. The highest BCUT2D eigenvalue weighted by Crippen LogP contribution is 2.34. The van der Waals surface area contributed by atoms with Crippen LogP contribution in [0.15, 0.2) is 29.1 Å². The molecule has 2 heterocycles. The van der Waals surface area contributed by atoms with Crippen molar-refractivity contribution in [2.24, 2.45) is 0 Å². The maximum Gasteiger partial charge on any atom is 0.269 e. The fourth-order valence-corrected chi connectivity index (χ4v) is 4.70. The van der Waals surface area contributed by atoms with E-state index < -0.39 is 4.92 Å². The lowest BCUT2D eigenvalue weighted by atomic mass is 10.1. The molecule has 1 aromatic carbocycles. The first-order chi connectivity index (χ1) is 12.6. The molecule has 0 spiro atoms. The van der Waals surface area contributed by atoms with E-state index in [-0.39, 0.29) is 17.8 Å². The van der Waals surface area contributed by atoms with Crippen molar-refractivity contribution in [3.8, 4) is 12.3 Å². The summed E-state index contributed by atoms with van der Waals surface area (Å²) in [4.78, 5) is 30.1. The van der Waals surface area contributed by atoms with Gasteiger partial charge in [0.2, 0.25) is 0 Å². The first-order valence-electron chi connectivity index (χ1n) is 8.29. The number of nitro groups is 1. The third-order valence-corrected chi connectivity index (χ3v) is 5.85. The number of fused-ring (bicyclic) bond motifs is 3. The molecule has 0 N–H and O–H groups in total. The molecule has 4 rings (SSSR count). The number of hydrogen-bond donors (Lipinski definition) is 0. The van der Waals surface area contributed by atoms with Gasteiger partial charge in [0.1, 0.15) is 10.7 Å². The van der Waals surface area contributed by atoms with Crippen molar-refractivity contribution < 1.29 is 4.92 Å². The van der Waals surface area contributed by atoms with E-state index in [1.54, 1.807) is 28.0 Å². The van der Waals surface area contributed by atoms with Gasteiger partial charge in [0.25, 0.3) is 11.2 Å². The lowest BCUT2D eigenvalue weighted by molar-refractivity contribution is -0.384. The first-order valence-corrected chi connectivity index (χ1v) is 9.11. The minimum atomic E-state index is -0.435. The Hall–Kier alpha value is -2.98. The maximum absolute atomic E-state index is 13.0. The molecule has 0 aliphatic heterocycles. The zero-order valence-electron chi connectivity index (χ0n) is 13.9. The van der Waals surface area contributed by atoms with Crippen molar-refractivity contribution in [3.05, 3.63) is 66.6 Å². The molecule has 7 heteroatoms. The summed E-state index contributed by atoms with van der Waals surface area (Å²) in [6.07, 6.45) is 8.87. The summed E-state index contributed by atoms with van der Waals surface area (Å²) < 4.78 is 1.55.